The van der Waals surface area contributed by atoms with Crippen molar-refractivity contribution in [2.75, 3.05) is 12.4 Å². The van der Waals surface area contributed by atoms with Gasteiger partial charge in [-0.15, -0.1) is 0 Å². The third-order valence-corrected chi connectivity index (χ3v) is 3.97. The van der Waals surface area contributed by atoms with Gasteiger partial charge in [-0.1, -0.05) is 31.2 Å². The van der Waals surface area contributed by atoms with Crippen LogP contribution in [-0.4, -0.2) is 13.1 Å². The quantitative estimate of drug-likeness (QED) is 0.848. The van der Waals surface area contributed by atoms with Crippen molar-refractivity contribution in [3.8, 4) is 5.75 Å². The van der Waals surface area contributed by atoms with Gasteiger partial charge in [-0.2, -0.15) is 0 Å². The molecule has 4 heteroatoms. The number of anilines is 1. The summed E-state index contributed by atoms with van der Waals surface area (Å²) in [5.74, 6) is 0.712. The van der Waals surface area contributed by atoms with Crippen LogP contribution in [0.3, 0.4) is 0 Å². The Morgan fingerprint density at radius 1 is 1.13 bits per heavy atom. The lowest BCUT2D eigenvalue weighted by molar-refractivity contribution is 0.248. The summed E-state index contributed by atoms with van der Waals surface area (Å²) < 4.78 is 5.16. The molecule has 0 fully saturated rings. The van der Waals surface area contributed by atoms with Crippen molar-refractivity contribution in [1.29, 1.82) is 0 Å². The number of ether oxygens (including phenoxy) is 1. The first-order valence-corrected chi connectivity index (χ1v) is 7.82. The van der Waals surface area contributed by atoms with E-state index in [1.807, 2.05) is 18.2 Å². The molecule has 0 aromatic heterocycles. The normalized spacial score (nSPS) is 11.7. The van der Waals surface area contributed by atoms with E-state index < -0.39 is 0 Å². The molecule has 0 aliphatic rings. The molecule has 2 N–H and O–H groups in total. The summed E-state index contributed by atoms with van der Waals surface area (Å²) in [6.07, 6.45) is 0.827. The van der Waals surface area contributed by atoms with Crippen molar-refractivity contribution in [2.45, 2.75) is 33.2 Å². The van der Waals surface area contributed by atoms with Gasteiger partial charge in [-0.3, -0.25) is 0 Å². The van der Waals surface area contributed by atoms with E-state index in [2.05, 4.69) is 49.6 Å². The van der Waals surface area contributed by atoms with Crippen LogP contribution < -0.4 is 15.4 Å². The number of carbonyl (C=O) groups is 1. The highest BCUT2D eigenvalue weighted by Crippen LogP contribution is 2.21. The number of carbonyl (C=O) groups excluding carboxylic acids is 1. The van der Waals surface area contributed by atoms with E-state index >= 15 is 0 Å². The highest BCUT2D eigenvalue weighted by molar-refractivity contribution is 5.89. The molecule has 4 nitrogen and oxygen atoms in total. The largest absolute Gasteiger partial charge is 0.497 e. The van der Waals surface area contributed by atoms with Crippen LogP contribution in [0.25, 0.3) is 0 Å². The van der Waals surface area contributed by atoms with Crippen LogP contribution in [0.2, 0.25) is 0 Å². The molecule has 1 atom stereocenters. The number of nitrogens with one attached hydrogen (secondary N) is 2. The van der Waals surface area contributed by atoms with Gasteiger partial charge in [0.2, 0.25) is 0 Å². The first kappa shape index (κ1) is 16.9. The van der Waals surface area contributed by atoms with E-state index in [9.17, 15) is 4.79 Å². The molecule has 2 amide bonds. The molecule has 0 saturated carbocycles. The molecule has 0 radical (unpaired) electrons. The van der Waals surface area contributed by atoms with E-state index in [4.69, 9.17) is 4.74 Å². The zero-order chi connectivity index (χ0) is 16.8. The Kier molecular flexibility index (Phi) is 5.63. The summed E-state index contributed by atoms with van der Waals surface area (Å²) in [6, 6.07) is 13.4. The molecule has 0 aliphatic carbocycles. The van der Waals surface area contributed by atoms with Crippen LogP contribution in [0.1, 0.15) is 36.1 Å². The molecule has 0 spiro atoms. The lowest BCUT2D eigenvalue weighted by Gasteiger charge is -2.19. The molecule has 2 rings (SSSR count). The van der Waals surface area contributed by atoms with Crippen LogP contribution in [0.15, 0.2) is 42.5 Å². The Balaban J connectivity index is 2.05. The van der Waals surface area contributed by atoms with Gasteiger partial charge in [0.1, 0.15) is 5.75 Å². The number of methoxy groups -OCH3 is 1. The molecule has 0 heterocycles. The molecule has 2 aromatic carbocycles. The summed E-state index contributed by atoms with van der Waals surface area (Å²) in [6.45, 7) is 6.23. The molecule has 2 aromatic rings. The highest BCUT2D eigenvalue weighted by Gasteiger charge is 2.13. The van der Waals surface area contributed by atoms with Crippen LogP contribution >= 0.6 is 0 Å². The number of hydrogen-bond acceptors (Lipinski definition) is 2. The first-order chi connectivity index (χ1) is 11.0. The summed E-state index contributed by atoms with van der Waals surface area (Å²) in [5, 5.41) is 5.87. The Morgan fingerprint density at radius 2 is 1.91 bits per heavy atom. The zero-order valence-corrected chi connectivity index (χ0v) is 14.1. The van der Waals surface area contributed by atoms with Gasteiger partial charge in [0.15, 0.2) is 0 Å². The van der Waals surface area contributed by atoms with Crippen molar-refractivity contribution in [3.05, 3.63) is 59.2 Å². The molecule has 23 heavy (non-hydrogen) atoms. The van der Waals surface area contributed by atoms with E-state index in [1.165, 1.54) is 11.1 Å². The van der Waals surface area contributed by atoms with Crippen molar-refractivity contribution in [2.24, 2.45) is 0 Å². The van der Waals surface area contributed by atoms with Crippen LogP contribution in [0.4, 0.5) is 10.5 Å². The second kappa shape index (κ2) is 7.68. The zero-order valence-electron chi connectivity index (χ0n) is 14.1. The summed E-state index contributed by atoms with van der Waals surface area (Å²) >= 11 is 0. The second-order valence-corrected chi connectivity index (χ2v) is 5.63. The van der Waals surface area contributed by atoms with Gasteiger partial charge in [0, 0.05) is 11.8 Å². The fourth-order valence-corrected chi connectivity index (χ4v) is 2.43. The van der Waals surface area contributed by atoms with Gasteiger partial charge in [0.25, 0.3) is 0 Å². The maximum atomic E-state index is 12.2. The van der Waals surface area contributed by atoms with Crippen LogP contribution in [-0.2, 0) is 0 Å². The number of hydrogen-bond donors (Lipinski definition) is 2. The van der Waals surface area contributed by atoms with E-state index in [-0.39, 0.29) is 12.1 Å². The Labute approximate surface area is 137 Å². The maximum Gasteiger partial charge on any atom is 0.319 e. The standard InChI is InChI=1S/C19H24N2O2/c1-5-18(15-10-9-13(2)14(3)11-15)21-19(22)20-16-7-6-8-17(12-16)23-4/h6-12,18H,5H2,1-4H3,(H2,20,21,22)/t18-/m1/s1. The predicted molar refractivity (Wildman–Crippen MR) is 94.1 cm³/mol. The monoisotopic (exact) mass is 312 g/mol. The Morgan fingerprint density at radius 3 is 2.57 bits per heavy atom. The van der Waals surface area contributed by atoms with Crippen molar-refractivity contribution in [1.82, 2.24) is 5.32 Å². The van der Waals surface area contributed by atoms with E-state index in [0.29, 0.717) is 11.4 Å². The maximum absolute atomic E-state index is 12.2. The number of amides is 2. The highest BCUT2D eigenvalue weighted by atomic mass is 16.5. The van der Waals surface area contributed by atoms with Gasteiger partial charge in [-0.05, 0) is 49.1 Å². The molecule has 122 valence electrons. The number of urea groups is 1. The van der Waals surface area contributed by atoms with Crippen LogP contribution in [0.5, 0.6) is 5.75 Å². The fourth-order valence-electron chi connectivity index (χ4n) is 2.43. The van der Waals surface area contributed by atoms with Gasteiger partial charge < -0.3 is 15.4 Å². The molecule has 0 aliphatic heterocycles. The average molecular weight is 312 g/mol. The SMILES string of the molecule is CC[C@@H](NC(=O)Nc1cccc(OC)c1)c1ccc(C)c(C)c1. The number of rotatable bonds is 5. The average Bonchev–Trinajstić information content (AvgIpc) is 2.55. The molecular weight excluding hydrogens is 288 g/mol. The third kappa shape index (κ3) is 4.49. The summed E-state index contributed by atoms with van der Waals surface area (Å²) in [5.41, 5.74) is 4.31. The summed E-state index contributed by atoms with van der Waals surface area (Å²) in [7, 11) is 1.60. The molecular formula is C19H24N2O2. The van der Waals surface area contributed by atoms with E-state index in [1.54, 1.807) is 13.2 Å². The lowest BCUT2D eigenvalue weighted by Crippen LogP contribution is -2.32. The number of aryl methyl sites for hydroxylation is 2. The minimum Gasteiger partial charge on any atom is -0.497 e. The second-order valence-electron chi connectivity index (χ2n) is 5.63. The van der Waals surface area contributed by atoms with Crippen LogP contribution in [0, 0.1) is 13.8 Å². The lowest BCUT2D eigenvalue weighted by atomic mass is 9.99. The minimum absolute atomic E-state index is 0.0140. The Hall–Kier alpha value is -2.49. The van der Waals surface area contributed by atoms with Gasteiger partial charge in [0.05, 0.1) is 13.2 Å². The van der Waals surface area contributed by atoms with E-state index in [0.717, 1.165) is 12.0 Å². The number of benzene rings is 2. The molecule has 0 unspecified atom stereocenters. The topological polar surface area (TPSA) is 50.4 Å². The smallest absolute Gasteiger partial charge is 0.319 e. The fraction of sp³-hybridized carbons (Fsp3) is 0.316. The van der Waals surface area contributed by atoms with Gasteiger partial charge >= 0.3 is 6.03 Å². The van der Waals surface area contributed by atoms with Crippen molar-refractivity contribution >= 4 is 11.7 Å². The Bertz CT molecular complexity index is 683. The first-order valence-electron chi connectivity index (χ1n) is 7.82. The summed E-state index contributed by atoms with van der Waals surface area (Å²) in [4.78, 5) is 12.2. The molecule has 0 saturated heterocycles. The van der Waals surface area contributed by atoms with Gasteiger partial charge in [-0.25, -0.2) is 4.79 Å². The molecule has 0 bridgehead atoms. The minimum atomic E-state index is -0.219. The van der Waals surface area contributed by atoms with Crippen molar-refractivity contribution in [3.63, 3.8) is 0 Å². The predicted octanol–water partition coefficient (Wildman–Crippen LogP) is 4.58. The van der Waals surface area contributed by atoms with Crippen molar-refractivity contribution < 1.29 is 9.53 Å². The third-order valence-electron chi connectivity index (χ3n) is 3.97.